The first kappa shape index (κ1) is 13.3. The number of hydrogen-bond donors (Lipinski definition) is 2. The standard InChI is InChI=1S/C16H13N3OS/c20-15-9-5-4-8-13(15)10-17-19-11-14(18-16(19)21)12-6-2-1-3-7-12/h1-11,20H,(H,18,21). The van der Waals surface area contributed by atoms with Gasteiger partial charge in [0.2, 0.25) is 0 Å². The third kappa shape index (κ3) is 2.93. The number of phenols is 1. The number of hydrogen-bond acceptors (Lipinski definition) is 3. The van der Waals surface area contributed by atoms with E-state index in [1.165, 1.54) is 0 Å². The van der Waals surface area contributed by atoms with Crippen LogP contribution in [0.5, 0.6) is 5.75 Å². The number of rotatable bonds is 3. The van der Waals surface area contributed by atoms with Crippen molar-refractivity contribution in [1.82, 2.24) is 9.66 Å². The zero-order valence-corrected chi connectivity index (χ0v) is 11.9. The van der Waals surface area contributed by atoms with Gasteiger partial charge < -0.3 is 10.1 Å². The van der Waals surface area contributed by atoms with Gasteiger partial charge in [-0.05, 0) is 29.9 Å². The zero-order chi connectivity index (χ0) is 14.7. The number of benzene rings is 2. The van der Waals surface area contributed by atoms with E-state index in [0.29, 0.717) is 10.3 Å². The van der Waals surface area contributed by atoms with Crippen molar-refractivity contribution < 1.29 is 5.11 Å². The second kappa shape index (κ2) is 5.76. The van der Waals surface area contributed by atoms with E-state index in [2.05, 4.69) is 10.1 Å². The lowest BCUT2D eigenvalue weighted by atomic mass is 10.2. The molecule has 1 aromatic heterocycles. The Balaban J connectivity index is 1.93. The van der Waals surface area contributed by atoms with Crippen molar-refractivity contribution in [2.24, 2.45) is 5.10 Å². The van der Waals surface area contributed by atoms with Crippen LogP contribution in [-0.2, 0) is 0 Å². The quantitative estimate of drug-likeness (QED) is 0.570. The van der Waals surface area contributed by atoms with Crippen LogP contribution in [0.15, 0.2) is 65.9 Å². The van der Waals surface area contributed by atoms with Gasteiger partial charge >= 0.3 is 0 Å². The highest BCUT2D eigenvalue weighted by molar-refractivity contribution is 7.71. The number of imidazole rings is 1. The molecule has 0 bridgehead atoms. The molecule has 104 valence electrons. The summed E-state index contributed by atoms with van der Waals surface area (Å²) in [5, 5.41) is 14.0. The van der Waals surface area contributed by atoms with Crippen molar-refractivity contribution in [1.29, 1.82) is 0 Å². The third-order valence-electron chi connectivity index (χ3n) is 3.04. The van der Waals surface area contributed by atoms with Gasteiger partial charge in [0.1, 0.15) is 5.75 Å². The third-order valence-corrected chi connectivity index (χ3v) is 3.33. The molecule has 0 aliphatic heterocycles. The average Bonchev–Trinajstić information content (AvgIpc) is 2.89. The number of phenolic OH excluding ortho intramolecular Hbond substituents is 1. The molecule has 2 N–H and O–H groups in total. The summed E-state index contributed by atoms with van der Waals surface area (Å²) in [4.78, 5) is 3.11. The zero-order valence-electron chi connectivity index (χ0n) is 11.1. The number of nitrogens with one attached hydrogen (secondary N) is 1. The first-order valence-corrected chi connectivity index (χ1v) is 6.84. The summed E-state index contributed by atoms with van der Waals surface area (Å²) < 4.78 is 2.07. The van der Waals surface area contributed by atoms with Crippen molar-refractivity contribution in [2.45, 2.75) is 0 Å². The molecule has 2 aromatic carbocycles. The van der Waals surface area contributed by atoms with E-state index >= 15 is 0 Å². The highest BCUT2D eigenvalue weighted by Crippen LogP contribution is 2.17. The van der Waals surface area contributed by atoms with Crippen LogP contribution in [0.25, 0.3) is 11.3 Å². The summed E-state index contributed by atoms with van der Waals surface area (Å²) >= 11 is 5.25. The number of aromatic amines is 1. The predicted octanol–water partition coefficient (Wildman–Crippen LogP) is 3.80. The number of nitrogens with zero attached hydrogens (tertiary/aromatic N) is 2. The molecule has 5 heteroatoms. The molecule has 0 fully saturated rings. The fourth-order valence-electron chi connectivity index (χ4n) is 1.96. The highest BCUT2D eigenvalue weighted by atomic mass is 32.1. The van der Waals surface area contributed by atoms with Crippen molar-refractivity contribution in [3.05, 3.63) is 71.1 Å². The van der Waals surface area contributed by atoms with Gasteiger partial charge in [-0.1, -0.05) is 42.5 Å². The Hall–Kier alpha value is -2.66. The highest BCUT2D eigenvalue weighted by Gasteiger charge is 2.02. The van der Waals surface area contributed by atoms with Crippen molar-refractivity contribution >= 4 is 18.4 Å². The SMILES string of the molecule is Oc1ccccc1C=Nn1cc(-c2ccccc2)[nH]c1=S. The molecular formula is C16H13N3OS. The minimum atomic E-state index is 0.187. The molecule has 0 spiro atoms. The van der Waals surface area contributed by atoms with Crippen LogP contribution in [0, 0.1) is 4.77 Å². The van der Waals surface area contributed by atoms with E-state index in [1.54, 1.807) is 29.1 Å². The van der Waals surface area contributed by atoms with E-state index < -0.39 is 0 Å². The van der Waals surface area contributed by atoms with Gasteiger partial charge in [-0.3, -0.25) is 0 Å². The maximum atomic E-state index is 9.71. The first-order valence-electron chi connectivity index (χ1n) is 6.43. The summed E-state index contributed by atoms with van der Waals surface area (Å²) in [6, 6.07) is 16.9. The van der Waals surface area contributed by atoms with E-state index in [0.717, 1.165) is 11.3 Å². The maximum absolute atomic E-state index is 9.71. The molecule has 3 rings (SSSR count). The fraction of sp³-hybridized carbons (Fsp3) is 0. The molecule has 0 saturated carbocycles. The molecule has 0 aliphatic rings. The van der Waals surface area contributed by atoms with Crippen LogP contribution in [0.2, 0.25) is 0 Å². The van der Waals surface area contributed by atoms with E-state index in [9.17, 15) is 5.11 Å². The Bertz CT molecular complexity index is 834. The maximum Gasteiger partial charge on any atom is 0.198 e. The summed E-state index contributed by atoms with van der Waals surface area (Å²) in [7, 11) is 0. The largest absolute Gasteiger partial charge is 0.507 e. The van der Waals surface area contributed by atoms with Gasteiger partial charge in [-0.25, -0.2) is 4.68 Å². The predicted molar refractivity (Wildman–Crippen MR) is 86.2 cm³/mol. The first-order chi connectivity index (χ1) is 10.2. The number of aromatic nitrogens is 2. The molecule has 1 heterocycles. The smallest absolute Gasteiger partial charge is 0.198 e. The summed E-state index contributed by atoms with van der Waals surface area (Å²) in [5.74, 6) is 0.187. The van der Waals surface area contributed by atoms with Crippen LogP contribution >= 0.6 is 12.2 Å². The number of para-hydroxylation sites is 1. The lowest BCUT2D eigenvalue weighted by molar-refractivity contribution is 0.474. The Morgan fingerprint density at radius 2 is 1.76 bits per heavy atom. The Labute approximate surface area is 127 Å². The monoisotopic (exact) mass is 295 g/mol. The van der Waals surface area contributed by atoms with Crippen molar-refractivity contribution in [2.75, 3.05) is 0 Å². The fourth-order valence-corrected chi connectivity index (χ4v) is 2.17. The Morgan fingerprint density at radius 1 is 1.05 bits per heavy atom. The summed E-state index contributed by atoms with van der Waals surface area (Å²) in [6.07, 6.45) is 3.40. The van der Waals surface area contributed by atoms with Crippen LogP contribution < -0.4 is 0 Å². The molecule has 3 aromatic rings. The normalized spacial score (nSPS) is 11.0. The van der Waals surface area contributed by atoms with E-state index in [-0.39, 0.29) is 5.75 Å². The van der Waals surface area contributed by atoms with E-state index in [4.69, 9.17) is 12.2 Å². The summed E-state index contributed by atoms with van der Waals surface area (Å²) in [5.41, 5.74) is 2.58. The Morgan fingerprint density at radius 3 is 2.52 bits per heavy atom. The Kier molecular flexibility index (Phi) is 3.66. The molecule has 0 aliphatic carbocycles. The summed E-state index contributed by atoms with van der Waals surface area (Å²) in [6.45, 7) is 0. The molecule has 0 radical (unpaired) electrons. The average molecular weight is 295 g/mol. The second-order valence-corrected chi connectivity index (χ2v) is 4.87. The van der Waals surface area contributed by atoms with Crippen LogP contribution in [0.4, 0.5) is 0 Å². The van der Waals surface area contributed by atoms with Gasteiger partial charge in [-0.2, -0.15) is 5.10 Å². The van der Waals surface area contributed by atoms with Gasteiger partial charge in [0.15, 0.2) is 4.77 Å². The van der Waals surface area contributed by atoms with Gasteiger partial charge in [0.05, 0.1) is 18.1 Å². The number of H-pyrrole nitrogens is 1. The molecule has 0 unspecified atom stereocenters. The number of aromatic hydroxyl groups is 1. The van der Waals surface area contributed by atoms with Crippen molar-refractivity contribution in [3.63, 3.8) is 0 Å². The molecule has 0 amide bonds. The minimum absolute atomic E-state index is 0.187. The van der Waals surface area contributed by atoms with Crippen LogP contribution in [-0.4, -0.2) is 21.0 Å². The van der Waals surface area contributed by atoms with Crippen molar-refractivity contribution in [3.8, 4) is 17.0 Å². The molecule has 4 nitrogen and oxygen atoms in total. The lowest BCUT2D eigenvalue weighted by Gasteiger charge is -1.97. The minimum Gasteiger partial charge on any atom is -0.507 e. The molecule has 0 saturated heterocycles. The van der Waals surface area contributed by atoms with Gasteiger partial charge in [0.25, 0.3) is 0 Å². The molecule has 0 atom stereocenters. The van der Waals surface area contributed by atoms with Crippen LogP contribution in [0.1, 0.15) is 5.56 Å². The van der Waals surface area contributed by atoms with E-state index in [1.807, 2.05) is 42.6 Å². The lowest BCUT2D eigenvalue weighted by Crippen LogP contribution is -1.89. The molecular weight excluding hydrogens is 282 g/mol. The molecule has 21 heavy (non-hydrogen) atoms. The topological polar surface area (TPSA) is 53.3 Å². The van der Waals surface area contributed by atoms with Gasteiger partial charge in [0, 0.05) is 5.56 Å². The second-order valence-electron chi connectivity index (χ2n) is 4.49. The van der Waals surface area contributed by atoms with Crippen LogP contribution in [0.3, 0.4) is 0 Å². The van der Waals surface area contributed by atoms with Gasteiger partial charge in [-0.15, -0.1) is 0 Å².